The van der Waals surface area contributed by atoms with Crippen LogP contribution in [-0.2, 0) is 14.6 Å². The van der Waals surface area contributed by atoms with Gasteiger partial charge in [0.25, 0.3) is 0 Å². The SMILES string of the molecule is CS(=O)(=O)c1cccc(NC(=O)Nc2c(-c3ccnc4cc(OCCCN5CCOCC5)c(C#N)cc34)ccc3c2O3)c1. The number of rotatable bonds is 9. The molecule has 0 bridgehead atoms. The molecule has 0 aliphatic carbocycles. The zero-order valence-electron chi connectivity index (χ0n) is 23.4. The molecule has 1 fully saturated rings. The van der Waals surface area contributed by atoms with Gasteiger partial charge in [-0.1, -0.05) is 6.07 Å². The van der Waals surface area contributed by atoms with E-state index in [1.807, 2.05) is 18.2 Å². The molecule has 3 heterocycles. The molecular weight excluding hydrogens is 570 g/mol. The molecule has 3 aromatic carbocycles. The minimum absolute atomic E-state index is 0.0957. The Kier molecular flexibility index (Phi) is 7.86. The highest BCUT2D eigenvalue weighted by Gasteiger charge is 2.29. The maximum atomic E-state index is 13.0. The first-order valence-corrected chi connectivity index (χ1v) is 15.7. The predicted octanol–water partition coefficient (Wildman–Crippen LogP) is 5.03. The highest BCUT2D eigenvalue weighted by atomic mass is 32.2. The number of anilines is 2. The molecule has 0 spiro atoms. The molecule has 2 N–H and O–H groups in total. The molecule has 2 aliphatic heterocycles. The summed E-state index contributed by atoms with van der Waals surface area (Å²) in [7, 11) is -3.44. The second-order valence-electron chi connectivity index (χ2n) is 10.3. The number of carbonyl (C=O) groups excluding carboxylic acids is 1. The van der Waals surface area contributed by atoms with Gasteiger partial charge < -0.3 is 24.8 Å². The van der Waals surface area contributed by atoms with E-state index in [0.29, 0.717) is 57.3 Å². The van der Waals surface area contributed by atoms with Crippen LogP contribution in [0.1, 0.15) is 12.0 Å². The lowest BCUT2D eigenvalue weighted by Crippen LogP contribution is -2.37. The number of amides is 2. The number of nitrogens with one attached hydrogen (secondary N) is 2. The van der Waals surface area contributed by atoms with Crippen molar-refractivity contribution in [3.63, 3.8) is 0 Å². The maximum absolute atomic E-state index is 13.0. The number of morpholine rings is 1. The molecule has 11 nitrogen and oxygen atoms in total. The summed E-state index contributed by atoms with van der Waals surface area (Å²) in [6.45, 7) is 4.68. The van der Waals surface area contributed by atoms with E-state index in [-0.39, 0.29) is 4.90 Å². The standard InChI is InChI=1S/C31H29N5O6S/c1-43(38,39)22-5-2-4-21(17-22)34-31(37)35-29-24(6-7-27-30(29)42-27)23-8-9-33-26-18-28(20(19-32)16-25(23)26)41-13-3-10-36-11-14-40-15-12-36/h2,4-9,16-18H,3,10-15H2,1H3,(H2,34,35,37). The lowest BCUT2D eigenvalue weighted by atomic mass is 9.98. The number of fused-ring (bicyclic) bond motifs is 2. The van der Waals surface area contributed by atoms with Crippen molar-refractivity contribution < 1.29 is 27.4 Å². The first kappa shape index (κ1) is 28.4. The van der Waals surface area contributed by atoms with Gasteiger partial charge >= 0.3 is 6.03 Å². The van der Waals surface area contributed by atoms with Gasteiger partial charge in [0.2, 0.25) is 0 Å². The monoisotopic (exact) mass is 599 g/mol. The molecule has 0 saturated carbocycles. The number of pyridine rings is 1. The Hall–Kier alpha value is -4.70. The number of hydrogen-bond acceptors (Lipinski definition) is 9. The Bertz CT molecular complexity index is 1870. The summed E-state index contributed by atoms with van der Waals surface area (Å²) in [6, 6.07) is 16.7. The Labute approximate surface area is 248 Å². The number of carbonyl (C=O) groups is 1. The Morgan fingerprint density at radius 2 is 1.93 bits per heavy atom. The molecule has 6 rings (SSSR count). The molecule has 2 amide bonds. The van der Waals surface area contributed by atoms with Gasteiger partial charge in [-0.05, 0) is 54.4 Å². The molecule has 220 valence electrons. The van der Waals surface area contributed by atoms with E-state index in [1.54, 1.807) is 30.5 Å². The molecule has 0 atom stereocenters. The van der Waals surface area contributed by atoms with Crippen LogP contribution in [0.4, 0.5) is 16.2 Å². The highest BCUT2D eigenvalue weighted by Crippen LogP contribution is 2.55. The number of hydrogen-bond donors (Lipinski definition) is 2. The summed E-state index contributed by atoms with van der Waals surface area (Å²) < 4.78 is 40.9. The molecule has 0 radical (unpaired) electrons. The van der Waals surface area contributed by atoms with Gasteiger partial charge in [-0.3, -0.25) is 9.88 Å². The highest BCUT2D eigenvalue weighted by molar-refractivity contribution is 7.90. The molecule has 0 unspecified atom stereocenters. The van der Waals surface area contributed by atoms with Crippen LogP contribution in [0.15, 0.2) is 65.7 Å². The van der Waals surface area contributed by atoms with Crippen molar-refractivity contribution in [1.82, 2.24) is 9.88 Å². The van der Waals surface area contributed by atoms with Crippen LogP contribution in [-0.4, -0.2) is 70.0 Å². The van der Waals surface area contributed by atoms with Crippen LogP contribution < -0.4 is 20.1 Å². The molecule has 4 aromatic rings. The zero-order valence-corrected chi connectivity index (χ0v) is 24.2. The third-order valence-corrected chi connectivity index (χ3v) is 8.39. The summed E-state index contributed by atoms with van der Waals surface area (Å²) in [4.78, 5) is 20.0. The molecule has 43 heavy (non-hydrogen) atoms. The molecule has 1 aromatic heterocycles. The van der Waals surface area contributed by atoms with Crippen molar-refractivity contribution in [1.29, 1.82) is 5.26 Å². The summed E-state index contributed by atoms with van der Waals surface area (Å²) in [5, 5.41) is 16.2. The number of nitriles is 1. The minimum Gasteiger partial charge on any atom is -0.492 e. The quantitative estimate of drug-likeness (QED) is 0.176. The average molecular weight is 600 g/mol. The van der Waals surface area contributed by atoms with E-state index in [1.165, 1.54) is 12.1 Å². The first-order chi connectivity index (χ1) is 20.8. The van der Waals surface area contributed by atoms with Gasteiger partial charge in [0.15, 0.2) is 21.3 Å². The van der Waals surface area contributed by atoms with Gasteiger partial charge in [-0.2, -0.15) is 5.26 Å². The van der Waals surface area contributed by atoms with Gasteiger partial charge in [-0.25, -0.2) is 13.2 Å². The summed E-state index contributed by atoms with van der Waals surface area (Å²) in [5.41, 5.74) is 3.21. The van der Waals surface area contributed by atoms with Crippen molar-refractivity contribution in [3.8, 4) is 34.4 Å². The molecule has 2 aliphatic rings. The van der Waals surface area contributed by atoms with Crippen LogP contribution in [0.25, 0.3) is 22.0 Å². The first-order valence-electron chi connectivity index (χ1n) is 13.8. The van der Waals surface area contributed by atoms with E-state index in [2.05, 4.69) is 26.6 Å². The van der Waals surface area contributed by atoms with Crippen molar-refractivity contribution in [3.05, 3.63) is 66.4 Å². The van der Waals surface area contributed by atoms with Crippen LogP contribution in [0.5, 0.6) is 17.2 Å². The van der Waals surface area contributed by atoms with E-state index < -0.39 is 15.9 Å². The van der Waals surface area contributed by atoms with Crippen LogP contribution in [0, 0.1) is 11.3 Å². The van der Waals surface area contributed by atoms with Gasteiger partial charge in [-0.15, -0.1) is 0 Å². The fraction of sp³-hybridized carbons (Fsp3) is 0.258. The topological polar surface area (TPSA) is 146 Å². The van der Waals surface area contributed by atoms with Crippen molar-refractivity contribution in [2.75, 3.05) is 56.3 Å². The number of aromatic nitrogens is 1. The summed E-state index contributed by atoms with van der Waals surface area (Å²) in [5.74, 6) is 1.64. The number of ether oxygens (including phenoxy) is 3. The fourth-order valence-electron chi connectivity index (χ4n) is 5.07. The van der Waals surface area contributed by atoms with E-state index in [0.717, 1.165) is 51.1 Å². The number of sulfone groups is 1. The van der Waals surface area contributed by atoms with Crippen molar-refractivity contribution >= 4 is 38.1 Å². The largest absolute Gasteiger partial charge is 0.492 e. The zero-order chi connectivity index (χ0) is 30.0. The molecule has 1 saturated heterocycles. The van der Waals surface area contributed by atoms with Gasteiger partial charge in [0.05, 0.1) is 41.5 Å². The third-order valence-electron chi connectivity index (χ3n) is 7.28. The number of nitrogens with zero attached hydrogens (tertiary/aromatic N) is 3. The lowest BCUT2D eigenvalue weighted by molar-refractivity contribution is 0.0358. The smallest absolute Gasteiger partial charge is 0.323 e. The third kappa shape index (κ3) is 6.39. The Balaban J connectivity index is 1.24. The lowest BCUT2D eigenvalue weighted by Gasteiger charge is -2.26. The second-order valence-corrected chi connectivity index (χ2v) is 12.3. The summed E-state index contributed by atoms with van der Waals surface area (Å²) >= 11 is 0. The van der Waals surface area contributed by atoms with Crippen LogP contribution in [0.2, 0.25) is 0 Å². The Morgan fingerprint density at radius 1 is 1.09 bits per heavy atom. The van der Waals surface area contributed by atoms with Gasteiger partial charge in [0, 0.05) is 54.8 Å². The molecule has 12 heteroatoms. The molecular formula is C31H29N5O6S. The average Bonchev–Trinajstić information content (AvgIpc) is 3.80. The van der Waals surface area contributed by atoms with Crippen LogP contribution in [0.3, 0.4) is 0 Å². The number of urea groups is 1. The summed E-state index contributed by atoms with van der Waals surface area (Å²) in [6.07, 6.45) is 3.59. The fourth-order valence-corrected chi connectivity index (χ4v) is 5.74. The predicted molar refractivity (Wildman–Crippen MR) is 162 cm³/mol. The van der Waals surface area contributed by atoms with E-state index in [4.69, 9.17) is 14.2 Å². The second kappa shape index (κ2) is 11.9. The Morgan fingerprint density at radius 3 is 2.72 bits per heavy atom. The number of benzene rings is 3. The minimum atomic E-state index is -3.44. The van der Waals surface area contributed by atoms with E-state index >= 15 is 0 Å². The maximum Gasteiger partial charge on any atom is 0.323 e. The van der Waals surface area contributed by atoms with Gasteiger partial charge in [0.1, 0.15) is 11.8 Å². The van der Waals surface area contributed by atoms with E-state index in [9.17, 15) is 18.5 Å². The van der Waals surface area contributed by atoms with Crippen molar-refractivity contribution in [2.24, 2.45) is 0 Å². The van der Waals surface area contributed by atoms with Crippen LogP contribution >= 0.6 is 0 Å². The van der Waals surface area contributed by atoms with Crippen molar-refractivity contribution in [2.45, 2.75) is 11.3 Å². The normalized spacial score (nSPS) is 14.3.